The van der Waals surface area contributed by atoms with Gasteiger partial charge in [0, 0.05) is 13.2 Å². The highest BCUT2D eigenvalue weighted by atomic mass is 16.5. The van der Waals surface area contributed by atoms with Crippen molar-refractivity contribution in [2.75, 3.05) is 13.2 Å². The zero-order valence-corrected chi connectivity index (χ0v) is 8.15. The lowest BCUT2D eigenvalue weighted by Gasteiger charge is -2.23. The van der Waals surface area contributed by atoms with E-state index < -0.39 is 0 Å². The molecule has 78 valence electrons. The molecule has 0 radical (unpaired) electrons. The minimum Gasteiger partial charge on any atom is -0.381 e. The Bertz CT molecular complexity index is 256. The number of hydrogen-bond acceptors (Lipinski definition) is 4. The summed E-state index contributed by atoms with van der Waals surface area (Å²) in [5.74, 6) is 0.676. The molecule has 1 aromatic heterocycles. The van der Waals surface area contributed by atoms with E-state index in [9.17, 15) is 0 Å². The Morgan fingerprint density at radius 2 is 2.36 bits per heavy atom. The van der Waals surface area contributed by atoms with Crippen molar-refractivity contribution in [1.82, 2.24) is 15.4 Å². The van der Waals surface area contributed by atoms with Gasteiger partial charge in [-0.25, -0.2) is 0 Å². The van der Waals surface area contributed by atoms with Gasteiger partial charge in [-0.3, -0.25) is 0 Å². The van der Waals surface area contributed by atoms with Crippen molar-refractivity contribution < 1.29 is 4.74 Å². The summed E-state index contributed by atoms with van der Waals surface area (Å²) in [7, 11) is 0. The lowest BCUT2D eigenvalue weighted by Crippen LogP contribution is -2.21. The summed E-state index contributed by atoms with van der Waals surface area (Å²) in [6.45, 7) is 1.74. The van der Waals surface area contributed by atoms with Gasteiger partial charge < -0.3 is 10.5 Å². The number of nitrogens with zero attached hydrogens (tertiary/aromatic N) is 2. The molecular formula is C9H16N4O. The van der Waals surface area contributed by atoms with E-state index in [1.165, 1.54) is 0 Å². The third-order valence-corrected chi connectivity index (χ3v) is 2.74. The Labute approximate surface area is 83.0 Å². The first-order valence-electron chi connectivity index (χ1n) is 5.05. The third kappa shape index (κ3) is 2.30. The van der Waals surface area contributed by atoms with E-state index in [1.54, 1.807) is 6.20 Å². The summed E-state index contributed by atoms with van der Waals surface area (Å²) in [6.07, 6.45) is 4.91. The quantitative estimate of drug-likeness (QED) is 0.743. The maximum absolute atomic E-state index is 6.01. The van der Waals surface area contributed by atoms with Gasteiger partial charge in [0.2, 0.25) is 0 Å². The molecule has 1 saturated heterocycles. The SMILES string of the molecule is NC(CC1CCOCC1)c1cn[nH]n1. The van der Waals surface area contributed by atoms with Crippen LogP contribution in [0.5, 0.6) is 0 Å². The number of H-pyrrole nitrogens is 1. The summed E-state index contributed by atoms with van der Waals surface area (Å²) in [5.41, 5.74) is 6.86. The summed E-state index contributed by atoms with van der Waals surface area (Å²) in [6, 6.07) is 0.0110. The molecule has 14 heavy (non-hydrogen) atoms. The van der Waals surface area contributed by atoms with Gasteiger partial charge in [-0.1, -0.05) is 0 Å². The topological polar surface area (TPSA) is 76.8 Å². The molecule has 2 heterocycles. The minimum atomic E-state index is 0.0110. The zero-order chi connectivity index (χ0) is 9.80. The van der Waals surface area contributed by atoms with Gasteiger partial charge in [-0.15, -0.1) is 0 Å². The van der Waals surface area contributed by atoms with Crippen LogP contribution in [0.2, 0.25) is 0 Å². The van der Waals surface area contributed by atoms with E-state index in [2.05, 4.69) is 15.4 Å². The van der Waals surface area contributed by atoms with Gasteiger partial charge in [0.15, 0.2) is 0 Å². The predicted octanol–water partition coefficient (Wildman–Crippen LogP) is 0.621. The molecule has 1 aliphatic rings. The van der Waals surface area contributed by atoms with Crippen molar-refractivity contribution in [3.8, 4) is 0 Å². The Hall–Kier alpha value is -0.940. The number of hydrogen-bond donors (Lipinski definition) is 2. The molecule has 2 rings (SSSR count). The Morgan fingerprint density at radius 1 is 1.57 bits per heavy atom. The molecule has 0 aliphatic carbocycles. The number of rotatable bonds is 3. The van der Waals surface area contributed by atoms with Gasteiger partial charge >= 0.3 is 0 Å². The molecule has 0 saturated carbocycles. The monoisotopic (exact) mass is 196 g/mol. The lowest BCUT2D eigenvalue weighted by atomic mass is 9.92. The number of aromatic nitrogens is 3. The van der Waals surface area contributed by atoms with Crippen LogP contribution in [0.3, 0.4) is 0 Å². The van der Waals surface area contributed by atoms with Crippen molar-refractivity contribution >= 4 is 0 Å². The highest BCUT2D eigenvalue weighted by molar-refractivity contribution is 4.98. The van der Waals surface area contributed by atoms with Crippen LogP contribution in [-0.4, -0.2) is 28.6 Å². The first-order chi connectivity index (χ1) is 6.86. The molecule has 5 nitrogen and oxygen atoms in total. The fourth-order valence-electron chi connectivity index (χ4n) is 1.85. The fourth-order valence-corrected chi connectivity index (χ4v) is 1.85. The molecule has 3 N–H and O–H groups in total. The van der Waals surface area contributed by atoms with Crippen LogP contribution in [0.4, 0.5) is 0 Å². The Kier molecular flexibility index (Phi) is 3.10. The maximum Gasteiger partial charge on any atom is 0.0991 e. The zero-order valence-electron chi connectivity index (χ0n) is 8.15. The third-order valence-electron chi connectivity index (χ3n) is 2.74. The Balaban J connectivity index is 1.84. The molecule has 5 heteroatoms. The van der Waals surface area contributed by atoms with Crippen molar-refractivity contribution in [3.05, 3.63) is 11.9 Å². The lowest BCUT2D eigenvalue weighted by molar-refractivity contribution is 0.0617. The van der Waals surface area contributed by atoms with E-state index in [4.69, 9.17) is 10.5 Å². The van der Waals surface area contributed by atoms with Crippen molar-refractivity contribution in [2.45, 2.75) is 25.3 Å². The molecule has 0 aromatic carbocycles. The average molecular weight is 196 g/mol. The first kappa shape index (κ1) is 9.61. The number of aromatic amines is 1. The van der Waals surface area contributed by atoms with Gasteiger partial charge in [0.1, 0.15) is 0 Å². The van der Waals surface area contributed by atoms with Crippen LogP contribution in [0.1, 0.15) is 31.0 Å². The summed E-state index contributed by atoms with van der Waals surface area (Å²) < 4.78 is 5.30. The number of ether oxygens (including phenoxy) is 1. The molecule has 0 amide bonds. The fraction of sp³-hybridized carbons (Fsp3) is 0.778. The van der Waals surface area contributed by atoms with E-state index in [1.807, 2.05) is 0 Å². The van der Waals surface area contributed by atoms with Crippen LogP contribution >= 0.6 is 0 Å². The normalized spacial score (nSPS) is 20.9. The van der Waals surface area contributed by atoms with Crippen molar-refractivity contribution in [1.29, 1.82) is 0 Å². The maximum atomic E-state index is 6.01. The molecular weight excluding hydrogens is 180 g/mol. The summed E-state index contributed by atoms with van der Waals surface area (Å²) in [5, 5.41) is 10.3. The van der Waals surface area contributed by atoms with E-state index in [0.29, 0.717) is 5.92 Å². The Morgan fingerprint density at radius 3 is 3.00 bits per heavy atom. The second-order valence-electron chi connectivity index (χ2n) is 3.79. The van der Waals surface area contributed by atoms with Crippen LogP contribution in [0.15, 0.2) is 6.20 Å². The molecule has 0 spiro atoms. The van der Waals surface area contributed by atoms with E-state index >= 15 is 0 Å². The van der Waals surface area contributed by atoms with Crippen molar-refractivity contribution in [3.63, 3.8) is 0 Å². The molecule has 1 fully saturated rings. The number of nitrogens with two attached hydrogens (primary N) is 1. The molecule has 1 aliphatic heterocycles. The van der Waals surface area contributed by atoms with E-state index in [-0.39, 0.29) is 6.04 Å². The predicted molar refractivity (Wildman–Crippen MR) is 51.5 cm³/mol. The van der Waals surface area contributed by atoms with Crippen LogP contribution < -0.4 is 5.73 Å². The molecule has 1 unspecified atom stereocenters. The summed E-state index contributed by atoms with van der Waals surface area (Å²) in [4.78, 5) is 0. The van der Waals surface area contributed by atoms with Gasteiger partial charge in [0.05, 0.1) is 17.9 Å². The number of nitrogens with one attached hydrogen (secondary N) is 1. The highest BCUT2D eigenvalue weighted by Gasteiger charge is 2.19. The van der Waals surface area contributed by atoms with Gasteiger partial charge in [-0.05, 0) is 25.2 Å². The second-order valence-corrected chi connectivity index (χ2v) is 3.79. The average Bonchev–Trinajstić information content (AvgIpc) is 2.72. The summed E-state index contributed by atoms with van der Waals surface area (Å²) >= 11 is 0. The molecule has 1 aromatic rings. The minimum absolute atomic E-state index is 0.0110. The van der Waals surface area contributed by atoms with Gasteiger partial charge in [-0.2, -0.15) is 15.4 Å². The van der Waals surface area contributed by atoms with Gasteiger partial charge in [0.25, 0.3) is 0 Å². The first-order valence-corrected chi connectivity index (χ1v) is 5.05. The van der Waals surface area contributed by atoms with Crippen LogP contribution in [0, 0.1) is 5.92 Å². The molecule has 1 atom stereocenters. The smallest absolute Gasteiger partial charge is 0.0991 e. The van der Waals surface area contributed by atoms with Crippen molar-refractivity contribution in [2.24, 2.45) is 11.7 Å². The van der Waals surface area contributed by atoms with Crippen LogP contribution in [0.25, 0.3) is 0 Å². The molecule has 0 bridgehead atoms. The largest absolute Gasteiger partial charge is 0.381 e. The standard InChI is InChI=1S/C9H16N4O/c10-8(9-6-11-13-12-9)5-7-1-3-14-4-2-7/h6-8H,1-5,10H2,(H,11,12,13). The van der Waals surface area contributed by atoms with Crippen LogP contribution in [-0.2, 0) is 4.74 Å². The second kappa shape index (κ2) is 4.52. The van der Waals surface area contributed by atoms with E-state index in [0.717, 1.165) is 38.2 Å². The highest BCUT2D eigenvalue weighted by Crippen LogP contribution is 2.24.